The first kappa shape index (κ1) is 17.8. The molecule has 0 spiro atoms. The molecular formula is C18H30O3. The summed E-state index contributed by atoms with van der Waals surface area (Å²) in [6.45, 7) is 8.65. The smallest absolute Gasteiger partial charge is 0.123 e. The van der Waals surface area contributed by atoms with Crippen molar-refractivity contribution >= 4 is 0 Å². The molecule has 3 heteroatoms. The van der Waals surface area contributed by atoms with E-state index in [-0.39, 0.29) is 6.10 Å². The van der Waals surface area contributed by atoms with Crippen molar-refractivity contribution in [1.82, 2.24) is 0 Å². The van der Waals surface area contributed by atoms with Gasteiger partial charge in [-0.05, 0) is 38.3 Å². The molecule has 0 amide bonds. The fourth-order valence-electron chi connectivity index (χ4n) is 2.37. The van der Waals surface area contributed by atoms with Crippen molar-refractivity contribution in [3.8, 4) is 11.5 Å². The fourth-order valence-corrected chi connectivity index (χ4v) is 2.37. The van der Waals surface area contributed by atoms with Crippen LogP contribution >= 0.6 is 0 Å². The Hall–Kier alpha value is -1.22. The minimum Gasteiger partial charge on any atom is -0.491 e. The van der Waals surface area contributed by atoms with E-state index in [1.54, 1.807) is 0 Å². The zero-order valence-electron chi connectivity index (χ0n) is 13.9. The van der Waals surface area contributed by atoms with Gasteiger partial charge < -0.3 is 14.6 Å². The van der Waals surface area contributed by atoms with Crippen molar-refractivity contribution in [2.45, 2.75) is 71.5 Å². The van der Waals surface area contributed by atoms with Crippen LogP contribution in [0.4, 0.5) is 0 Å². The average molecular weight is 294 g/mol. The zero-order valence-corrected chi connectivity index (χ0v) is 13.9. The number of hydrogen-bond acceptors (Lipinski definition) is 3. The molecule has 1 aromatic rings. The van der Waals surface area contributed by atoms with Gasteiger partial charge in [-0.1, -0.05) is 39.7 Å². The Morgan fingerprint density at radius 3 is 2.29 bits per heavy atom. The first-order chi connectivity index (χ1) is 10.0. The summed E-state index contributed by atoms with van der Waals surface area (Å²) in [5.74, 6) is 1.57. The third-order valence-corrected chi connectivity index (χ3v) is 3.66. The third-order valence-electron chi connectivity index (χ3n) is 3.66. The van der Waals surface area contributed by atoms with Crippen LogP contribution in [0.5, 0.6) is 11.5 Å². The zero-order chi connectivity index (χ0) is 15.7. The Morgan fingerprint density at radius 1 is 1.10 bits per heavy atom. The molecule has 0 saturated heterocycles. The number of rotatable bonds is 10. The lowest BCUT2D eigenvalue weighted by molar-refractivity contribution is -0.0203. The Labute approximate surface area is 129 Å². The highest BCUT2D eigenvalue weighted by atomic mass is 16.5. The molecule has 0 aliphatic rings. The lowest BCUT2D eigenvalue weighted by atomic mass is 9.94. The van der Waals surface area contributed by atoms with Gasteiger partial charge in [-0.3, -0.25) is 0 Å². The van der Waals surface area contributed by atoms with E-state index in [4.69, 9.17) is 9.47 Å². The molecule has 0 bridgehead atoms. The van der Waals surface area contributed by atoms with Gasteiger partial charge >= 0.3 is 0 Å². The van der Waals surface area contributed by atoms with Gasteiger partial charge in [-0.2, -0.15) is 0 Å². The maximum Gasteiger partial charge on any atom is 0.123 e. The number of hydrogen-bond donors (Lipinski definition) is 1. The minimum atomic E-state index is -0.725. The van der Waals surface area contributed by atoms with Crippen LogP contribution in [0.3, 0.4) is 0 Å². The highest BCUT2D eigenvalue weighted by Crippen LogP contribution is 2.24. The predicted molar refractivity (Wildman–Crippen MR) is 87.1 cm³/mol. The summed E-state index contributed by atoms with van der Waals surface area (Å²) in [4.78, 5) is 0. The quantitative estimate of drug-likeness (QED) is 0.686. The molecule has 1 aromatic carbocycles. The van der Waals surface area contributed by atoms with E-state index in [0.717, 1.165) is 43.6 Å². The van der Waals surface area contributed by atoms with E-state index in [1.165, 1.54) is 0 Å². The average Bonchev–Trinajstić information content (AvgIpc) is 2.46. The minimum absolute atomic E-state index is 0.192. The summed E-state index contributed by atoms with van der Waals surface area (Å²) in [5, 5.41) is 10.6. The van der Waals surface area contributed by atoms with Crippen LogP contribution in [-0.4, -0.2) is 23.4 Å². The van der Waals surface area contributed by atoms with Gasteiger partial charge in [0, 0.05) is 6.07 Å². The van der Waals surface area contributed by atoms with Crippen molar-refractivity contribution in [2.24, 2.45) is 0 Å². The SMILES string of the molecule is CCCC(O)(CCC)COc1cccc(O[C@H](C)CC)c1. The second-order valence-electron chi connectivity index (χ2n) is 5.82. The van der Waals surface area contributed by atoms with Gasteiger partial charge in [0.2, 0.25) is 0 Å². The molecule has 1 atom stereocenters. The molecule has 1 N–H and O–H groups in total. The maximum atomic E-state index is 10.6. The Kier molecular flexibility index (Phi) is 7.58. The first-order valence-electron chi connectivity index (χ1n) is 8.15. The Balaban J connectivity index is 2.63. The Morgan fingerprint density at radius 2 is 1.71 bits per heavy atom. The van der Waals surface area contributed by atoms with Crippen molar-refractivity contribution in [1.29, 1.82) is 0 Å². The van der Waals surface area contributed by atoms with E-state index in [9.17, 15) is 5.11 Å². The topological polar surface area (TPSA) is 38.7 Å². The lowest BCUT2D eigenvalue weighted by Gasteiger charge is -2.27. The predicted octanol–water partition coefficient (Wildman–Crippen LogP) is 4.57. The lowest BCUT2D eigenvalue weighted by Crippen LogP contribution is -2.35. The molecule has 0 fully saturated rings. The van der Waals surface area contributed by atoms with Crippen molar-refractivity contribution in [2.75, 3.05) is 6.61 Å². The standard InChI is InChI=1S/C18H30O3/c1-5-11-18(19,12-6-2)14-20-16-9-8-10-17(13-16)21-15(4)7-3/h8-10,13,15,19H,5-7,11-12,14H2,1-4H3/t15-/m1/s1. The van der Waals surface area contributed by atoms with E-state index < -0.39 is 5.60 Å². The summed E-state index contributed by atoms with van der Waals surface area (Å²) in [6.07, 6.45) is 4.61. The largest absolute Gasteiger partial charge is 0.491 e. The summed E-state index contributed by atoms with van der Waals surface area (Å²) in [7, 11) is 0. The summed E-state index contributed by atoms with van der Waals surface area (Å²) in [6, 6.07) is 7.65. The van der Waals surface area contributed by atoms with E-state index >= 15 is 0 Å². The highest BCUT2D eigenvalue weighted by Gasteiger charge is 2.25. The van der Waals surface area contributed by atoms with Crippen molar-refractivity contribution in [3.05, 3.63) is 24.3 Å². The molecule has 0 aliphatic carbocycles. The van der Waals surface area contributed by atoms with Crippen LogP contribution < -0.4 is 9.47 Å². The fraction of sp³-hybridized carbons (Fsp3) is 0.667. The van der Waals surface area contributed by atoms with Gasteiger partial charge in [0.1, 0.15) is 18.1 Å². The third kappa shape index (κ3) is 6.38. The number of aliphatic hydroxyl groups is 1. The molecule has 0 unspecified atom stereocenters. The van der Waals surface area contributed by atoms with Crippen molar-refractivity contribution in [3.63, 3.8) is 0 Å². The normalized spacial score (nSPS) is 13.0. The van der Waals surface area contributed by atoms with Gasteiger partial charge in [0.25, 0.3) is 0 Å². The van der Waals surface area contributed by atoms with Crippen LogP contribution in [0.1, 0.15) is 59.8 Å². The van der Waals surface area contributed by atoms with Crippen LogP contribution in [-0.2, 0) is 0 Å². The summed E-state index contributed by atoms with van der Waals surface area (Å²) < 4.78 is 11.6. The van der Waals surface area contributed by atoms with Gasteiger partial charge in [0.15, 0.2) is 0 Å². The molecule has 0 aliphatic heterocycles. The molecule has 1 rings (SSSR count). The molecule has 120 valence electrons. The van der Waals surface area contributed by atoms with Gasteiger partial charge in [0.05, 0.1) is 11.7 Å². The van der Waals surface area contributed by atoms with Crippen LogP contribution in [0, 0.1) is 0 Å². The summed E-state index contributed by atoms with van der Waals surface area (Å²) >= 11 is 0. The number of benzene rings is 1. The molecule has 0 aromatic heterocycles. The Bertz CT molecular complexity index is 397. The monoisotopic (exact) mass is 294 g/mol. The molecule has 21 heavy (non-hydrogen) atoms. The van der Waals surface area contributed by atoms with Crippen LogP contribution in [0.25, 0.3) is 0 Å². The van der Waals surface area contributed by atoms with Gasteiger partial charge in [-0.25, -0.2) is 0 Å². The van der Waals surface area contributed by atoms with Crippen LogP contribution in [0.2, 0.25) is 0 Å². The maximum absolute atomic E-state index is 10.6. The second kappa shape index (κ2) is 8.93. The van der Waals surface area contributed by atoms with Crippen LogP contribution in [0.15, 0.2) is 24.3 Å². The first-order valence-corrected chi connectivity index (χ1v) is 8.15. The van der Waals surface area contributed by atoms with E-state index in [1.807, 2.05) is 24.3 Å². The summed E-state index contributed by atoms with van der Waals surface area (Å²) in [5.41, 5.74) is -0.725. The molecule has 0 saturated carbocycles. The molecule has 3 nitrogen and oxygen atoms in total. The highest BCUT2D eigenvalue weighted by molar-refractivity contribution is 5.33. The van der Waals surface area contributed by atoms with Crippen molar-refractivity contribution < 1.29 is 14.6 Å². The molecule has 0 heterocycles. The van der Waals surface area contributed by atoms with Gasteiger partial charge in [-0.15, -0.1) is 0 Å². The second-order valence-corrected chi connectivity index (χ2v) is 5.82. The molecule has 0 radical (unpaired) electrons. The van der Waals surface area contributed by atoms with E-state index in [2.05, 4.69) is 27.7 Å². The molecular weight excluding hydrogens is 264 g/mol. The van der Waals surface area contributed by atoms with E-state index in [0.29, 0.717) is 6.61 Å². The number of ether oxygens (including phenoxy) is 2.